The van der Waals surface area contributed by atoms with Crippen LogP contribution in [0.2, 0.25) is 0 Å². The molecular formula is C40H47FN2O5. The van der Waals surface area contributed by atoms with E-state index in [0.717, 1.165) is 32.1 Å². The number of phenols is 1. The Morgan fingerprint density at radius 3 is 2.40 bits per heavy atom. The van der Waals surface area contributed by atoms with E-state index in [2.05, 4.69) is 31.0 Å². The highest BCUT2D eigenvalue weighted by Gasteiger charge is 2.44. The number of carbonyl (C=O) groups excluding carboxylic acids is 2. The average molecular weight is 655 g/mol. The van der Waals surface area contributed by atoms with E-state index >= 15 is 4.39 Å². The molecule has 0 unspecified atom stereocenters. The van der Waals surface area contributed by atoms with Gasteiger partial charge in [0.05, 0.1) is 17.5 Å². The predicted octanol–water partition coefficient (Wildman–Crippen LogP) is 8.65. The van der Waals surface area contributed by atoms with Crippen molar-refractivity contribution in [3.8, 4) is 23.0 Å². The van der Waals surface area contributed by atoms with Gasteiger partial charge in [0.15, 0.2) is 23.1 Å². The molecule has 5 rings (SSSR count). The van der Waals surface area contributed by atoms with Gasteiger partial charge in [0, 0.05) is 30.7 Å². The molecule has 0 bridgehead atoms. The number of pyridine rings is 1. The zero-order chi connectivity index (χ0) is 34.4. The second-order valence-corrected chi connectivity index (χ2v) is 13.7. The number of carbonyl (C=O) groups is 2. The molecule has 48 heavy (non-hydrogen) atoms. The van der Waals surface area contributed by atoms with Gasteiger partial charge in [0.25, 0.3) is 5.91 Å². The predicted molar refractivity (Wildman–Crippen MR) is 186 cm³/mol. The lowest BCUT2D eigenvalue weighted by Gasteiger charge is -2.37. The zero-order valence-corrected chi connectivity index (χ0v) is 28.7. The first kappa shape index (κ1) is 34.9. The van der Waals surface area contributed by atoms with Crippen molar-refractivity contribution in [2.24, 2.45) is 17.8 Å². The number of ketones is 1. The molecule has 8 heteroatoms. The second kappa shape index (κ2) is 15.2. The van der Waals surface area contributed by atoms with Crippen molar-refractivity contribution in [2.45, 2.75) is 72.1 Å². The van der Waals surface area contributed by atoms with Gasteiger partial charge in [-0.1, -0.05) is 70.5 Å². The van der Waals surface area contributed by atoms with Crippen LogP contribution < -0.4 is 9.47 Å². The number of fused-ring (bicyclic) bond motifs is 1. The number of piperidine rings is 1. The molecule has 2 heterocycles. The summed E-state index contributed by atoms with van der Waals surface area (Å²) in [6, 6.07) is 19.5. The zero-order valence-electron chi connectivity index (χ0n) is 28.7. The minimum absolute atomic E-state index is 0.0511. The number of Topliss-reactive ketones (excluding diaryl/α,β-unsaturated/α-hetero) is 1. The molecule has 7 nitrogen and oxygen atoms in total. The molecule has 1 saturated heterocycles. The first-order chi connectivity index (χ1) is 23.0. The van der Waals surface area contributed by atoms with Gasteiger partial charge in [0.1, 0.15) is 5.75 Å². The van der Waals surface area contributed by atoms with Gasteiger partial charge in [-0.25, -0.2) is 4.39 Å². The molecule has 1 aliphatic heterocycles. The van der Waals surface area contributed by atoms with Crippen molar-refractivity contribution in [3.63, 3.8) is 0 Å². The quantitative estimate of drug-likeness (QED) is 0.145. The molecule has 1 fully saturated rings. The van der Waals surface area contributed by atoms with Crippen molar-refractivity contribution in [3.05, 3.63) is 89.9 Å². The SMILES string of the molecule is CCC[C@@H](C)COc1cc2nccc(Oc3ccc([C@](C)(C(=O)C(=O)N4CCC(Cc5ccccc5)CC4)C(C)C)cc3F)c2cc1O. The van der Waals surface area contributed by atoms with Crippen LogP contribution in [0.15, 0.2) is 72.9 Å². The van der Waals surface area contributed by atoms with Crippen LogP contribution in [0.1, 0.15) is 71.4 Å². The summed E-state index contributed by atoms with van der Waals surface area (Å²) in [5, 5.41) is 11.2. The molecule has 3 aromatic carbocycles. The number of halogens is 1. The highest BCUT2D eigenvalue weighted by atomic mass is 19.1. The summed E-state index contributed by atoms with van der Waals surface area (Å²) in [7, 11) is 0. The molecule has 1 N–H and O–H groups in total. The summed E-state index contributed by atoms with van der Waals surface area (Å²) in [5.74, 6) is -0.671. The lowest BCUT2D eigenvalue weighted by molar-refractivity contribution is -0.149. The van der Waals surface area contributed by atoms with Crippen LogP contribution >= 0.6 is 0 Å². The molecule has 0 radical (unpaired) electrons. The summed E-state index contributed by atoms with van der Waals surface area (Å²) in [6.45, 7) is 11.2. The Balaban J connectivity index is 1.30. The van der Waals surface area contributed by atoms with Crippen molar-refractivity contribution in [1.29, 1.82) is 0 Å². The topological polar surface area (TPSA) is 89.0 Å². The highest BCUT2D eigenvalue weighted by Crippen LogP contribution is 2.40. The van der Waals surface area contributed by atoms with E-state index in [4.69, 9.17) is 9.47 Å². The molecule has 254 valence electrons. The van der Waals surface area contributed by atoms with Gasteiger partial charge in [-0.2, -0.15) is 0 Å². The van der Waals surface area contributed by atoms with Gasteiger partial charge in [-0.05, 0) is 85.8 Å². The minimum Gasteiger partial charge on any atom is -0.504 e. The molecule has 1 aromatic heterocycles. The molecule has 2 atom stereocenters. The van der Waals surface area contributed by atoms with E-state index < -0.39 is 22.9 Å². The van der Waals surface area contributed by atoms with Crippen LogP contribution in [0.4, 0.5) is 4.39 Å². The third-order valence-corrected chi connectivity index (χ3v) is 9.93. The number of rotatable bonds is 13. The van der Waals surface area contributed by atoms with E-state index in [1.165, 1.54) is 23.8 Å². The maximum Gasteiger partial charge on any atom is 0.290 e. The maximum absolute atomic E-state index is 15.7. The van der Waals surface area contributed by atoms with Crippen LogP contribution in [-0.4, -0.2) is 46.4 Å². The summed E-state index contributed by atoms with van der Waals surface area (Å²) < 4.78 is 27.6. The first-order valence-corrected chi connectivity index (χ1v) is 17.1. The van der Waals surface area contributed by atoms with Crippen molar-refractivity contribution in [1.82, 2.24) is 9.88 Å². The Hall–Kier alpha value is -4.46. The molecule has 1 amide bonds. The number of ether oxygens (including phenoxy) is 2. The fourth-order valence-corrected chi connectivity index (χ4v) is 6.55. The fraction of sp³-hybridized carbons (Fsp3) is 0.425. The van der Waals surface area contributed by atoms with E-state index in [1.54, 1.807) is 36.2 Å². The lowest BCUT2D eigenvalue weighted by Crippen LogP contribution is -2.50. The smallest absolute Gasteiger partial charge is 0.290 e. The van der Waals surface area contributed by atoms with Gasteiger partial charge in [-0.15, -0.1) is 0 Å². The largest absolute Gasteiger partial charge is 0.504 e. The highest BCUT2D eigenvalue weighted by molar-refractivity contribution is 6.39. The molecule has 0 saturated carbocycles. The molecule has 0 spiro atoms. The number of hydrogen-bond acceptors (Lipinski definition) is 6. The van der Waals surface area contributed by atoms with Crippen LogP contribution in [0.5, 0.6) is 23.0 Å². The average Bonchev–Trinajstić information content (AvgIpc) is 3.08. The monoisotopic (exact) mass is 654 g/mol. The maximum atomic E-state index is 15.7. The van der Waals surface area contributed by atoms with Crippen LogP contribution in [0.3, 0.4) is 0 Å². The minimum atomic E-state index is -1.24. The number of aromatic hydroxyl groups is 1. The van der Waals surface area contributed by atoms with Crippen molar-refractivity contribution < 1.29 is 28.6 Å². The van der Waals surface area contributed by atoms with E-state index in [1.807, 2.05) is 32.0 Å². The first-order valence-electron chi connectivity index (χ1n) is 17.1. The van der Waals surface area contributed by atoms with Crippen LogP contribution in [0.25, 0.3) is 10.9 Å². The van der Waals surface area contributed by atoms with Crippen molar-refractivity contribution in [2.75, 3.05) is 19.7 Å². The molecular weight excluding hydrogens is 607 g/mol. The molecule has 1 aliphatic rings. The number of benzene rings is 3. The molecule has 0 aliphatic carbocycles. The Morgan fingerprint density at radius 1 is 1.00 bits per heavy atom. The number of hydrogen-bond donors (Lipinski definition) is 1. The summed E-state index contributed by atoms with van der Waals surface area (Å²) >= 11 is 0. The van der Waals surface area contributed by atoms with E-state index in [9.17, 15) is 14.7 Å². The van der Waals surface area contributed by atoms with Crippen LogP contribution in [-0.2, 0) is 21.4 Å². The summed E-state index contributed by atoms with van der Waals surface area (Å²) in [4.78, 5) is 33.5. The van der Waals surface area contributed by atoms with E-state index in [0.29, 0.717) is 59.5 Å². The van der Waals surface area contributed by atoms with Crippen molar-refractivity contribution >= 4 is 22.6 Å². The number of phenolic OH excluding ortho intramolecular Hbond substituents is 1. The summed E-state index contributed by atoms with van der Waals surface area (Å²) in [6.07, 6.45) is 6.24. The Labute approximate surface area is 283 Å². The number of nitrogens with zero attached hydrogens (tertiary/aromatic N) is 2. The fourth-order valence-electron chi connectivity index (χ4n) is 6.55. The summed E-state index contributed by atoms with van der Waals surface area (Å²) in [5.41, 5.74) is 0.983. The van der Waals surface area contributed by atoms with E-state index in [-0.39, 0.29) is 17.4 Å². The molecule has 4 aromatic rings. The van der Waals surface area contributed by atoms with Gasteiger partial charge < -0.3 is 19.5 Å². The number of aromatic nitrogens is 1. The third kappa shape index (κ3) is 7.64. The standard InChI is InChI=1S/C40H47FN2O5/c1-6-10-27(4)25-47-37-24-33-31(23-34(37)44)35(15-18-42-33)48-36-14-13-30(22-32(36)41)40(5,26(2)3)38(45)39(46)43-19-16-29(17-20-43)21-28-11-8-7-9-12-28/h7-9,11-15,18,22-24,26-27,29,44H,6,10,16-17,19-21,25H2,1-5H3/t27-,40-/m1/s1. The Kier molecular flexibility index (Phi) is 11.0. The Bertz CT molecular complexity index is 1730. The normalized spacial score (nSPS) is 15.7. The third-order valence-electron chi connectivity index (χ3n) is 9.93. The van der Waals surface area contributed by atoms with Gasteiger partial charge in [-0.3, -0.25) is 14.6 Å². The van der Waals surface area contributed by atoms with Crippen LogP contribution in [0, 0.1) is 23.6 Å². The number of likely N-dealkylation sites (tertiary alicyclic amines) is 1. The van der Waals surface area contributed by atoms with Gasteiger partial charge in [0.2, 0.25) is 5.78 Å². The second-order valence-electron chi connectivity index (χ2n) is 13.7. The van der Waals surface area contributed by atoms with Gasteiger partial charge >= 0.3 is 0 Å². The number of amides is 1. The lowest BCUT2D eigenvalue weighted by atomic mass is 9.69. The Morgan fingerprint density at radius 2 is 1.73 bits per heavy atom.